The number of rotatable bonds is 6. The molecule has 1 aliphatic heterocycles. The number of fused-ring (bicyclic) bond motifs is 1. The highest BCUT2D eigenvalue weighted by molar-refractivity contribution is 7.17. The van der Waals surface area contributed by atoms with Crippen molar-refractivity contribution in [2.75, 3.05) is 13.2 Å². The van der Waals surface area contributed by atoms with Gasteiger partial charge >= 0.3 is 0 Å². The average Bonchev–Trinajstić information content (AvgIpc) is 3.11. The summed E-state index contributed by atoms with van der Waals surface area (Å²) in [5.41, 5.74) is 1.44. The second-order valence-corrected chi connectivity index (χ2v) is 7.14. The van der Waals surface area contributed by atoms with Crippen LogP contribution in [0.2, 0.25) is 0 Å². The highest BCUT2D eigenvalue weighted by Gasteiger charge is 2.38. The van der Waals surface area contributed by atoms with Crippen LogP contribution in [0.3, 0.4) is 0 Å². The molecule has 2 unspecified atom stereocenters. The van der Waals surface area contributed by atoms with Crippen LogP contribution in [0.4, 0.5) is 0 Å². The van der Waals surface area contributed by atoms with Crippen LogP contribution in [-0.2, 0) is 11.2 Å². The molecule has 0 bridgehead atoms. The van der Waals surface area contributed by atoms with E-state index in [4.69, 9.17) is 4.74 Å². The zero-order chi connectivity index (χ0) is 14.7. The van der Waals surface area contributed by atoms with Gasteiger partial charge in [-0.05, 0) is 61.5 Å². The smallest absolute Gasteiger partial charge is 0.0810 e. The van der Waals surface area contributed by atoms with E-state index in [0.717, 1.165) is 32.4 Å². The molecule has 1 aliphatic rings. The first-order valence-corrected chi connectivity index (χ1v) is 8.93. The number of thiophene rings is 1. The third kappa shape index (κ3) is 3.15. The van der Waals surface area contributed by atoms with E-state index >= 15 is 0 Å². The van der Waals surface area contributed by atoms with Gasteiger partial charge in [0.1, 0.15) is 0 Å². The number of ether oxygens (including phenoxy) is 1. The van der Waals surface area contributed by atoms with Gasteiger partial charge in [-0.15, -0.1) is 11.3 Å². The summed E-state index contributed by atoms with van der Waals surface area (Å²) in [6, 6.07) is 9.12. The van der Waals surface area contributed by atoms with E-state index in [1.165, 1.54) is 22.1 Å². The SMILES string of the molecule is CCCNC(Cc1csc2ccccc12)C1(C)CCCO1. The van der Waals surface area contributed by atoms with E-state index in [9.17, 15) is 0 Å². The zero-order valence-electron chi connectivity index (χ0n) is 13.0. The molecule has 0 saturated carbocycles. The molecule has 0 amide bonds. The molecule has 1 fully saturated rings. The Bertz CT molecular complexity index is 586. The molecule has 2 nitrogen and oxygen atoms in total. The lowest BCUT2D eigenvalue weighted by molar-refractivity contribution is -0.0113. The lowest BCUT2D eigenvalue weighted by Gasteiger charge is -2.34. The fourth-order valence-electron chi connectivity index (χ4n) is 3.31. The summed E-state index contributed by atoms with van der Waals surface area (Å²) in [7, 11) is 0. The Kier molecular flexibility index (Phi) is 4.63. The summed E-state index contributed by atoms with van der Waals surface area (Å²) >= 11 is 1.85. The van der Waals surface area contributed by atoms with Crippen LogP contribution in [0, 0.1) is 0 Å². The van der Waals surface area contributed by atoms with Gasteiger partial charge in [0.15, 0.2) is 0 Å². The van der Waals surface area contributed by atoms with Crippen molar-refractivity contribution in [3.63, 3.8) is 0 Å². The van der Waals surface area contributed by atoms with Gasteiger partial charge in [-0.1, -0.05) is 25.1 Å². The van der Waals surface area contributed by atoms with Crippen LogP contribution >= 0.6 is 11.3 Å². The number of hydrogen-bond donors (Lipinski definition) is 1. The van der Waals surface area contributed by atoms with Crippen LogP contribution in [-0.4, -0.2) is 24.8 Å². The maximum atomic E-state index is 6.10. The van der Waals surface area contributed by atoms with E-state index in [0.29, 0.717) is 6.04 Å². The number of nitrogens with one attached hydrogen (secondary N) is 1. The first kappa shape index (κ1) is 15.0. The Morgan fingerprint density at radius 1 is 1.38 bits per heavy atom. The minimum Gasteiger partial charge on any atom is -0.374 e. The van der Waals surface area contributed by atoms with Crippen molar-refractivity contribution in [2.45, 2.75) is 51.2 Å². The molecule has 1 N–H and O–H groups in total. The second kappa shape index (κ2) is 6.47. The molecule has 114 valence electrons. The van der Waals surface area contributed by atoms with Crippen LogP contribution in [0.25, 0.3) is 10.1 Å². The Labute approximate surface area is 131 Å². The van der Waals surface area contributed by atoms with Gasteiger partial charge in [-0.25, -0.2) is 0 Å². The maximum absolute atomic E-state index is 6.10. The van der Waals surface area contributed by atoms with Crippen molar-refractivity contribution in [1.82, 2.24) is 5.32 Å². The zero-order valence-corrected chi connectivity index (χ0v) is 13.8. The molecule has 0 spiro atoms. The van der Waals surface area contributed by atoms with Crippen molar-refractivity contribution >= 4 is 21.4 Å². The second-order valence-electron chi connectivity index (χ2n) is 6.23. The molecule has 0 aliphatic carbocycles. The Morgan fingerprint density at radius 2 is 2.24 bits per heavy atom. The van der Waals surface area contributed by atoms with Crippen molar-refractivity contribution in [1.29, 1.82) is 0 Å². The molecular formula is C18H25NOS. The monoisotopic (exact) mass is 303 g/mol. The highest BCUT2D eigenvalue weighted by Crippen LogP contribution is 2.33. The fraction of sp³-hybridized carbons (Fsp3) is 0.556. The quantitative estimate of drug-likeness (QED) is 0.855. The van der Waals surface area contributed by atoms with Gasteiger partial charge in [0.2, 0.25) is 0 Å². The van der Waals surface area contributed by atoms with Crippen LogP contribution in [0.15, 0.2) is 29.6 Å². The summed E-state index contributed by atoms with van der Waals surface area (Å²) in [5, 5.41) is 7.47. The van der Waals surface area contributed by atoms with Crippen LogP contribution < -0.4 is 5.32 Å². The summed E-state index contributed by atoms with van der Waals surface area (Å²) in [6.45, 7) is 6.47. The summed E-state index contributed by atoms with van der Waals surface area (Å²) in [5.74, 6) is 0. The van der Waals surface area contributed by atoms with E-state index < -0.39 is 0 Å². The summed E-state index contributed by atoms with van der Waals surface area (Å²) in [4.78, 5) is 0. The maximum Gasteiger partial charge on any atom is 0.0810 e. The molecule has 0 radical (unpaired) electrons. The Hall–Kier alpha value is -0.900. The van der Waals surface area contributed by atoms with Gasteiger partial charge in [0, 0.05) is 17.3 Å². The minimum absolute atomic E-state index is 0.0157. The van der Waals surface area contributed by atoms with E-state index in [1.807, 2.05) is 11.3 Å². The molecule has 21 heavy (non-hydrogen) atoms. The first-order valence-electron chi connectivity index (χ1n) is 8.05. The van der Waals surface area contributed by atoms with Crippen LogP contribution in [0.5, 0.6) is 0 Å². The Morgan fingerprint density at radius 3 is 3.00 bits per heavy atom. The van der Waals surface area contributed by atoms with Gasteiger partial charge in [0.05, 0.1) is 5.60 Å². The molecule has 1 aromatic heterocycles. The van der Waals surface area contributed by atoms with Crippen molar-refractivity contribution < 1.29 is 4.74 Å². The molecule has 2 heterocycles. The van der Waals surface area contributed by atoms with Crippen molar-refractivity contribution in [3.05, 3.63) is 35.2 Å². The molecule has 1 saturated heterocycles. The first-order chi connectivity index (χ1) is 10.2. The lowest BCUT2D eigenvalue weighted by Crippen LogP contribution is -2.50. The highest BCUT2D eigenvalue weighted by atomic mass is 32.1. The van der Waals surface area contributed by atoms with Gasteiger partial charge in [0.25, 0.3) is 0 Å². The average molecular weight is 303 g/mol. The molecule has 3 heteroatoms. The predicted molar refractivity (Wildman–Crippen MR) is 91.2 cm³/mol. The van der Waals surface area contributed by atoms with Crippen LogP contribution in [0.1, 0.15) is 38.7 Å². The predicted octanol–water partition coefficient (Wildman–Crippen LogP) is 4.38. The lowest BCUT2D eigenvalue weighted by atomic mass is 9.88. The number of benzene rings is 1. The standard InChI is InChI=1S/C18H25NOS/c1-3-10-19-17(18(2)9-6-11-20-18)12-14-13-21-16-8-5-4-7-15(14)16/h4-5,7-8,13,17,19H,3,6,9-12H2,1-2H3. The fourth-order valence-corrected chi connectivity index (χ4v) is 4.28. The van der Waals surface area contributed by atoms with Crippen molar-refractivity contribution in [2.24, 2.45) is 0 Å². The minimum atomic E-state index is -0.0157. The topological polar surface area (TPSA) is 21.3 Å². The molecule has 2 aromatic rings. The third-order valence-electron chi connectivity index (χ3n) is 4.61. The van der Waals surface area contributed by atoms with Gasteiger partial charge < -0.3 is 10.1 Å². The Balaban J connectivity index is 1.83. The van der Waals surface area contributed by atoms with E-state index in [-0.39, 0.29) is 5.60 Å². The normalized spacial score (nSPS) is 23.7. The summed E-state index contributed by atoms with van der Waals surface area (Å²) in [6.07, 6.45) is 4.57. The summed E-state index contributed by atoms with van der Waals surface area (Å²) < 4.78 is 7.49. The van der Waals surface area contributed by atoms with E-state index in [1.54, 1.807) is 0 Å². The number of hydrogen-bond acceptors (Lipinski definition) is 3. The molecular weight excluding hydrogens is 278 g/mol. The third-order valence-corrected chi connectivity index (χ3v) is 5.62. The largest absolute Gasteiger partial charge is 0.374 e. The molecule has 3 rings (SSSR count). The molecule has 2 atom stereocenters. The van der Waals surface area contributed by atoms with Gasteiger partial charge in [-0.3, -0.25) is 0 Å². The molecule has 1 aromatic carbocycles. The van der Waals surface area contributed by atoms with E-state index in [2.05, 4.69) is 48.8 Å². The van der Waals surface area contributed by atoms with Gasteiger partial charge in [-0.2, -0.15) is 0 Å². The van der Waals surface area contributed by atoms with Crippen molar-refractivity contribution in [3.8, 4) is 0 Å².